The number of amides is 3. The van der Waals surface area contributed by atoms with E-state index in [1.165, 1.54) is 0 Å². The van der Waals surface area contributed by atoms with Gasteiger partial charge in [-0.05, 0) is 36.4 Å². The Morgan fingerprint density at radius 2 is 1.74 bits per heavy atom. The van der Waals surface area contributed by atoms with E-state index >= 15 is 0 Å². The van der Waals surface area contributed by atoms with Gasteiger partial charge in [-0.25, -0.2) is 4.79 Å². The highest BCUT2D eigenvalue weighted by Gasteiger charge is 2.12. The van der Waals surface area contributed by atoms with Crippen LogP contribution in [0, 0.1) is 0 Å². The van der Waals surface area contributed by atoms with E-state index in [0.29, 0.717) is 28.5 Å². The third kappa shape index (κ3) is 4.86. The fourth-order valence-electron chi connectivity index (χ4n) is 1.87. The van der Waals surface area contributed by atoms with Crippen LogP contribution in [0.2, 0.25) is 5.02 Å². The summed E-state index contributed by atoms with van der Waals surface area (Å²) in [5.41, 5.74) is 1.39. The molecule has 0 saturated heterocycles. The molecule has 2 aromatic carbocycles. The van der Waals surface area contributed by atoms with Crippen LogP contribution in [0.5, 0.6) is 0 Å². The molecule has 0 aliphatic carbocycles. The minimum Gasteiger partial charge on any atom is -0.349 e. The second kappa shape index (κ2) is 8.00. The molecule has 0 aliphatic heterocycles. The third-order valence-electron chi connectivity index (χ3n) is 2.93. The van der Waals surface area contributed by atoms with Gasteiger partial charge in [0.05, 0.1) is 11.3 Å². The Morgan fingerprint density at radius 3 is 2.43 bits per heavy atom. The van der Waals surface area contributed by atoms with Crippen molar-refractivity contribution in [1.29, 1.82) is 0 Å². The lowest BCUT2D eigenvalue weighted by atomic mass is 10.1. The molecule has 5 nitrogen and oxygen atoms in total. The summed E-state index contributed by atoms with van der Waals surface area (Å²) >= 11 is 5.80. The molecule has 118 valence electrons. The van der Waals surface area contributed by atoms with E-state index in [1.807, 2.05) is 0 Å². The van der Waals surface area contributed by atoms with Crippen molar-refractivity contribution < 1.29 is 9.59 Å². The van der Waals surface area contributed by atoms with Crippen molar-refractivity contribution in [2.24, 2.45) is 0 Å². The first-order valence-electron chi connectivity index (χ1n) is 6.92. The van der Waals surface area contributed by atoms with Crippen molar-refractivity contribution in [3.8, 4) is 0 Å². The molecule has 3 N–H and O–H groups in total. The van der Waals surface area contributed by atoms with Crippen LogP contribution in [0.25, 0.3) is 0 Å². The Labute approximate surface area is 139 Å². The number of hydrogen-bond donors (Lipinski definition) is 3. The number of nitrogens with one attached hydrogen (secondary N) is 3. The summed E-state index contributed by atoms with van der Waals surface area (Å²) in [5.74, 6) is -0.285. The lowest BCUT2D eigenvalue weighted by molar-refractivity contribution is 0.0959. The van der Waals surface area contributed by atoms with Crippen LogP contribution in [0.3, 0.4) is 0 Å². The molecule has 3 amide bonds. The number of anilines is 2. The lowest BCUT2D eigenvalue weighted by Crippen LogP contribution is -2.26. The van der Waals surface area contributed by atoms with Crippen LogP contribution in [0.4, 0.5) is 16.2 Å². The van der Waals surface area contributed by atoms with E-state index in [-0.39, 0.29) is 5.91 Å². The zero-order valence-corrected chi connectivity index (χ0v) is 13.1. The van der Waals surface area contributed by atoms with E-state index in [4.69, 9.17) is 11.6 Å². The quantitative estimate of drug-likeness (QED) is 0.728. The fraction of sp³-hybridized carbons (Fsp3) is 0.0588. The van der Waals surface area contributed by atoms with Crippen LogP contribution in [-0.4, -0.2) is 18.5 Å². The molecule has 23 heavy (non-hydrogen) atoms. The zero-order chi connectivity index (χ0) is 16.7. The number of carbonyl (C=O) groups excluding carboxylic acids is 2. The predicted molar refractivity (Wildman–Crippen MR) is 93.1 cm³/mol. The number of halogens is 1. The molecule has 0 saturated carbocycles. The van der Waals surface area contributed by atoms with Crippen LogP contribution in [-0.2, 0) is 0 Å². The molecule has 6 heteroatoms. The highest BCUT2D eigenvalue weighted by atomic mass is 35.5. The van der Waals surface area contributed by atoms with Crippen LogP contribution in [0.1, 0.15) is 10.4 Å². The van der Waals surface area contributed by atoms with Crippen molar-refractivity contribution in [1.82, 2.24) is 5.32 Å². The minimum absolute atomic E-state index is 0.285. The van der Waals surface area contributed by atoms with Gasteiger partial charge in [0, 0.05) is 17.3 Å². The molecule has 0 aromatic heterocycles. The molecule has 0 fully saturated rings. The van der Waals surface area contributed by atoms with Gasteiger partial charge in [0.2, 0.25) is 0 Å². The van der Waals surface area contributed by atoms with Gasteiger partial charge in [0.15, 0.2) is 0 Å². The molecule has 0 aliphatic rings. The Kier molecular flexibility index (Phi) is 5.77. The molecule has 0 heterocycles. The van der Waals surface area contributed by atoms with Crippen LogP contribution >= 0.6 is 11.6 Å². The van der Waals surface area contributed by atoms with Crippen molar-refractivity contribution in [3.05, 3.63) is 71.8 Å². The Bertz CT molecular complexity index is 714. The molecule has 2 rings (SSSR count). The van der Waals surface area contributed by atoms with Gasteiger partial charge in [-0.3, -0.25) is 4.79 Å². The average Bonchev–Trinajstić information content (AvgIpc) is 2.55. The number of carbonyl (C=O) groups is 2. The SMILES string of the molecule is C=CCNC(=O)c1ccccc1NC(=O)Nc1ccc(Cl)cc1. The topological polar surface area (TPSA) is 70.2 Å². The van der Waals surface area contributed by atoms with Gasteiger partial charge in [-0.1, -0.05) is 29.8 Å². The van der Waals surface area contributed by atoms with E-state index in [2.05, 4.69) is 22.5 Å². The molecular formula is C17H16ClN3O2. The first kappa shape index (κ1) is 16.6. The third-order valence-corrected chi connectivity index (χ3v) is 3.18. The molecule has 2 aromatic rings. The largest absolute Gasteiger partial charge is 0.349 e. The van der Waals surface area contributed by atoms with Gasteiger partial charge in [0.1, 0.15) is 0 Å². The molecule has 0 bridgehead atoms. The second-order valence-corrected chi connectivity index (χ2v) is 5.07. The molecule has 0 unspecified atom stereocenters. The maximum atomic E-state index is 12.1. The number of benzene rings is 2. The monoisotopic (exact) mass is 329 g/mol. The van der Waals surface area contributed by atoms with Gasteiger partial charge < -0.3 is 16.0 Å². The fourth-order valence-corrected chi connectivity index (χ4v) is 1.99. The van der Waals surface area contributed by atoms with Crippen molar-refractivity contribution in [2.45, 2.75) is 0 Å². The predicted octanol–water partition coefficient (Wildman–Crippen LogP) is 3.90. The number of hydrogen-bond acceptors (Lipinski definition) is 2. The van der Waals surface area contributed by atoms with Gasteiger partial charge in [-0.15, -0.1) is 6.58 Å². The summed E-state index contributed by atoms with van der Waals surface area (Å²) in [6.07, 6.45) is 1.58. The maximum absolute atomic E-state index is 12.1. The van der Waals surface area contributed by atoms with Crippen molar-refractivity contribution in [2.75, 3.05) is 17.2 Å². The lowest BCUT2D eigenvalue weighted by Gasteiger charge is -2.11. The average molecular weight is 330 g/mol. The maximum Gasteiger partial charge on any atom is 0.323 e. The molecule has 0 atom stereocenters. The first-order chi connectivity index (χ1) is 11.1. The van der Waals surface area contributed by atoms with Crippen LogP contribution < -0.4 is 16.0 Å². The minimum atomic E-state index is -0.448. The number of rotatable bonds is 5. The Morgan fingerprint density at radius 1 is 1.04 bits per heavy atom. The number of urea groups is 1. The van der Waals surface area contributed by atoms with Gasteiger partial charge >= 0.3 is 6.03 Å². The van der Waals surface area contributed by atoms with E-state index in [0.717, 1.165) is 0 Å². The van der Waals surface area contributed by atoms with Crippen molar-refractivity contribution in [3.63, 3.8) is 0 Å². The summed E-state index contributed by atoms with van der Waals surface area (Å²) < 4.78 is 0. The summed E-state index contributed by atoms with van der Waals surface area (Å²) in [6, 6.07) is 13.0. The number of para-hydroxylation sites is 1. The standard InChI is InChI=1S/C17H16ClN3O2/c1-2-11-19-16(22)14-5-3-4-6-15(14)21-17(23)20-13-9-7-12(18)8-10-13/h2-10H,1,11H2,(H,19,22)(H2,20,21,23). The Hall–Kier alpha value is -2.79. The highest BCUT2D eigenvalue weighted by Crippen LogP contribution is 2.17. The summed E-state index contributed by atoms with van der Waals surface area (Å²) in [5, 5.41) is 8.59. The van der Waals surface area contributed by atoms with Gasteiger partial charge in [-0.2, -0.15) is 0 Å². The van der Waals surface area contributed by atoms with Gasteiger partial charge in [0.25, 0.3) is 5.91 Å². The van der Waals surface area contributed by atoms with Crippen molar-refractivity contribution >= 4 is 34.9 Å². The zero-order valence-electron chi connectivity index (χ0n) is 12.3. The highest BCUT2D eigenvalue weighted by molar-refractivity contribution is 6.30. The Balaban J connectivity index is 2.07. The van der Waals surface area contributed by atoms with E-state index in [9.17, 15) is 9.59 Å². The first-order valence-corrected chi connectivity index (χ1v) is 7.29. The van der Waals surface area contributed by atoms with Crippen LogP contribution in [0.15, 0.2) is 61.2 Å². The summed E-state index contributed by atoms with van der Waals surface area (Å²) in [7, 11) is 0. The molecule has 0 radical (unpaired) electrons. The smallest absolute Gasteiger partial charge is 0.323 e. The van der Waals surface area contributed by atoms with E-state index in [1.54, 1.807) is 54.6 Å². The molecule has 0 spiro atoms. The second-order valence-electron chi connectivity index (χ2n) is 4.63. The normalized spacial score (nSPS) is 9.78. The summed E-state index contributed by atoms with van der Waals surface area (Å²) in [4.78, 5) is 24.1. The molecular weight excluding hydrogens is 314 g/mol. The summed E-state index contributed by atoms with van der Waals surface area (Å²) in [6.45, 7) is 3.90. The van der Waals surface area contributed by atoms with E-state index < -0.39 is 6.03 Å².